The highest BCUT2D eigenvalue weighted by molar-refractivity contribution is 6.30. The molecule has 0 fully saturated rings. The molecule has 0 aliphatic heterocycles. The lowest BCUT2D eigenvalue weighted by Crippen LogP contribution is -1.92. The van der Waals surface area contributed by atoms with Crippen molar-refractivity contribution in [3.63, 3.8) is 0 Å². The maximum absolute atomic E-state index is 13.1. The van der Waals surface area contributed by atoms with E-state index >= 15 is 0 Å². The Labute approximate surface area is 90.7 Å². The van der Waals surface area contributed by atoms with E-state index in [0.29, 0.717) is 22.1 Å². The fraction of sp³-hybridized carbons (Fsp3) is 0. The predicted octanol–water partition coefficient (Wildman–Crippen LogP) is 2.52. The van der Waals surface area contributed by atoms with Crippen molar-refractivity contribution in [3.8, 4) is 11.3 Å². The van der Waals surface area contributed by atoms with E-state index in [2.05, 4.69) is 9.97 Å². The summed E-state index contributed by atoms with van der Waals surface area (Å²) in [6.07, 6.45) is 1.32. The number of anilines is 1. The lowest BCUT2D eigenvalue weighted by atomic mass is 10.1. The molecule has 1 aromatic heterocycles. The summed E-state index contributed by atoms with van der Waals surface area (Å²) in [7, 11) is 0. The summed E-state index contributed by atoms with van der Waals surface area (Å²) >= 11 is 5.73. The van der Waals surface area contributed by atoms with E-state index in [1.165, 1.54) is 18.5 Å². The van der Waals surface area contributed by atoms with Crippen molar-refractivity contribution < 1.29 is 4.39 Å². The first-order chi connectivity index (χ1) is 7.15. The molecule has 3 nitrogen and oxygen atoms in total. The minimum absolute atomic E-state index is 0.321. The molecule has 0 aliphatic rings. The van der Waals surface area contributed by atoms with E-state index < -0.39 is 5.82 Å². The van der Waals surface area contributed by atoms with Gasteiger partial charge in [-0.3, -0.25) is 0 Å². The van der Waals surface area contributed by atoms with Crippen LogP contribution in [-0.4, -0.2) is 9.97 Å². The number of rotatable bonds is 1. The quantitative estimate of drug-likeness (QED) is 0.808. The monoisotopic (exact) mass is 223 g/mol. The Morgan fingerprint density at radius 2 is 1.93 bits per heavy atom. The first-order valence-electron chi connectivity index (χ1n) is 4.19. The van der Waals surface area contributed by atoms with Crippen LogP contribution >= 0.6 is 11.6 Å². The fourth-order valence-corrected chi connectivity index (χ4v) is 1.45. The van der Waals surface area contributed by atoms with Crippen LogP contribution in [0.15, 0.2) is 30.6 Å². The molecular formula is C10H7ClFN3. The van der Waals surface area contributed by atoms with Gasteiger partial charge in [-0.15, -0.1) is 0 Å². The summed E-state index contributed by atoms with van der Waals surface area (Å²) in [5.41, 5.74) is 6.62. The SMILES string of the molecule is Nc1cc(-c2cc(F)cc(Cl)c2)ncn1. The van der Waals surface area contributed by atoms with Crippen LogP contribution in [0.5, 0.6) is 0 Å². The lowest BCUT2D eigenvalue weighted by molar-refractivity contribution is 0.628. The standard InChI is InChI=1S/C10H7ClFN3/c11-7-1-6(2-8(12)3-7)9-4-10(13)15-5-14-9/h1-5H,(H2,13,14,15). The molecule has 1 heterocycles. The molecule has 2 N–H and O–H groups in total. The van der Waals surface area contributed by atoms with Crippen molar-refractivity contribution in [2.24, 2.45) is 0 Å². The summed E-state index contributed by atoms with van der Waals surface area (Å²) in [5, 5.41) is 0.321. The normalized spacial score (nSPS) is 10.3. The second kappa shape index (κ2) is 3.82. The summed E-state index contributed by atoms with van der Waals surface area (Å²) in [4.78, 5) is 7.73. The summed E-state index contributed by atoms with van der Waals surface area (Å²) < 4.78 is 13.1. The smallest absolute Gasteiger partial charge is 0.127 e. The number of nitrogen functional groups attached to an aromatic ring is 1. The molecule has 0 saturated heterocycles. The van der Waals surface area contributed by atoms with Gasteiger partial charge in [0.1, 0.15) is 18.0 Å². The van der Waals surface area contributed by atoms with Gasteiger partial charge < -0.3 is 5.73 Å². The predicted molar refractivity (Wildman–Crippen MR) is 56.8 cm³/mol. The highest BCUT2D eigenvalue weighted by Gasteiger charge is 2.03. The van der Waals surface area contributed by atoms with Crippen molar-refractivity contribution in [1.29, 1.82) is 0 Å². The molecule has 2 aromatic rings. The third-order valence-corrected chi connectivity index (χ3v) is 2.06. The van der Waals surface area contributed by atoms with Gasteiger partial charge in [-0.2, -0.15) is 0 Å². The zero-order chi connectivity index (χ0) is 10.8. The fourth-order valence-electron chi connectivity index (χ4n) is 1.23. The van der Waals surface area contributed by atoms with Gasteiger partial charge in [0.2, 0.25) is 0 Å². The van der Waals surface area contributed by atoms with Gasteiger partial charge in [-0.25, -0.2) is 14.4 Å². The summed E-state index contributed by atoms with van der Waals surface area (Å²) in [6.45, 7) is 0. The zero-order valence-corrected chi connectivity index (χ0v) is 8.37. The number of halogens is 2. The van der Waals surface area contributed by atoms with Crippen molar-refractivity contribution in [2.75, 3.05) is 5.73 Å². The van der Waals surface area contributed by atoms with Crippen LogP contribution < -0.4 is 5.73 Å². The molecule has 0 bridgehead atoms. The Morgan fingerprint density at radius 3 is 2.60 bits per heavy atom. The first kappa shape index (κ1) is 9.86. The molecule has 0 saturated carbocycles. The number of benzene rings is 1. The Morgan fingerprint density at radius 1 is 1.13 bits per heavy atom. The first-order valence-corrected chi connectivity index (χ1v) is 4.57. The maximum Gasteiger partial charge on any atom is 0.127 e. The van der Waals surface area contributed by atoms with Crippen molar-refractivity contribution in [3.05, 3.63) is 41.4 Å². The van der Waals surface area contributed by atoms with Gasteiger partial charge in [-0.1, -0.05) is 11.6 Å². The minimum atomic E-state index is -0.408. The molecule has 76 valence electrons. The van der Waals surface area contributed by atoms with Gasteiger partial charge in [0.05, 0.1) is 5.69 Å². The number of nitrogens with two attached hydrogens (primary N) is 1. The van der Waals surface area contributed by atoms with Crippen molar-refractivity contribution in [2.45, 2.75) is 0 Å². The van der Waals surface area contributed by atoms with Gasteiger partial charge in [0.25, 0.3) is 0 Å². The van der Waals surface area contributed by atoms with E-state index in [4.69, 9.17) is 17.3 Å². The van der Waals surface area contributed by atoms with Gasteiger partial charge >= 0.3 is 0 Å². The van der Waals surface area contributed by atoms with Gasteiger partial charge in [0.15, 0.2) is 0 Å². The van der Waals surface area contributed by atoms with Gasteiger partial charge in [-0.05, 0) is 18.2 Å². The van der Waals surface area contributed by atoms with Crippen LogP contribution in [0.3, 0.4) is 0 Å². The Hall–Kier alpha value is -1.68. The van der Waals surface area contributed by atoms with Crippen LogP contribution in [0, 0.1) is 5.82 Å². The van der Waals surface area contributed by atoms with E-state index in [1.807, 2.05) is 0 Å². The number of hydrogen-bond acceptors (Lipinski definition) is 3. The molecule has 0 amide bonds. The summed E-state index contributed by atoms with van der Waals surface area (Å²) in [5.74, 6) is -0.0740. The summed E-state index contributed by atoms with van der Waals surface area (Å²) in [6, 6.07) is 5.75. The average molecular weight is 224 g/mol. The molecule has 0 unspecified atom stereocenters. The van der Waals surface area contributed by atoms with E-state index in [1.54, 1.807) is 12.1 Å². The largest absolute Gasteiger partial charge is 0.384 e. The molecule has 0 atom stereocenters. The average Bonchev–Trinajstić information content (AvgIpc) is 2.16. The van der Waals surface area contributed by atoms with E-state index in [9.17, 15) is 4.39 Å². The minimum Gasteiger partial charge on any atom is -0.384 e. The topological polar surface area (TPSA) is 51.8 Å². The molecule has 5 heteroatoms. The van der Waals surface area contributed by atoms with Gasteiger partial charge in [0, 0.05) is 16.7 Å². The highest BCUT2D eigenvalue weighted by Crippen LogP contribution is 2.23. The third kappa shape index (κ3) is 2.22. The van der Waals surface area contributed by atoms with Crippen LogP contribution in [-0.2, 0) is 0 Å². The molecule has 0 aliphatic carbocycles. The van der Waals surface area contributed by atoms with Crippen LogP contribution in [0.2, 0.25) is 5.02 Å². The third-order valence-electron chi connectivity index (χ3n) is 1.85. The van der Waals surface area contributed by atoms with E-state index in [-0.39, 0.29) is 0 Å². The molecule has 0 radical (unpaired) electrons. The van der Waals surface area contributed by atoms with Crippen LogP contribution in [0.4, 0.5) is 10.2 Å². The van der Waals surface area contributed by atoms with E-state index in [0.717, 1.165) is 0 Å². The second-order valence-corrected chi connectivity index (χ2v) is 3.42. The molecule has 1 aromatic carbocycles. The second-order valence-electron chi connectivity index (χ2n) is 2.99. The van der Waals surface area contributed by atoms with Crippen molar-refractivity contribution >= 4 is 17.4 Å². The van der Waals surface area contributed by atoms with Crippen LogP contribution in [0.25, 0.3) is 11.3 Å². The Bertz CT molecular complexity index is 482. The highest BCUT2D eigenvalue weighted by atomic mass is 35.5. The molecule has 0 spiro atoms. The van der Waals surface area contributed by atoms with Crippen molar-refractivity contribution in [1.82, 2.24) is 9.97 Å². The zero-order valence-electron chi connectivity index (χ0n) is 7.61. The number of aromatic nitrogens is 2. The number of nitrogens with zero attached hydrogens (tertiary/aromatic N) is 2. The maximum atomic E-state index is 13.1. The Balaban J connectivity index is 2.54. The Kier molecular flexibility index (Phi) is 2.51. The number of hydrogen-bond donors (Lipinski definition) is 1. The molecule has 15 heavy (non-hydrogen) atoms. The lowest BCUT2D eigenvalue weighted by Gasteiger charge is -2.02. The van der Waals surface area contributed by atoms with Crippen LogP contribution in [0.1, 0.15) is 0 Å². The molecular weight excluding hydrogens is 217 g/mol. The molecule has 2 rings (SSSR count).